The normalized spacial score (nSPS) is 52.7. The van der Waals surface area contributed by atoms with Gasteiger partial charge < -0.3 is 9.95 Å². The number of hydrogen-bond donors (Lipinski definition) is 1. The van der Waals surface area contributed by atoms with Crippen LogP contribution in [0.4, 0.5) is 0 Å². The van der Waals surface area contributed by atoms with Crippen molar-refractivity contribution in [2.45, 2.75) is 89.7 Å². The molecule has 0 aromatic rings. The Hall–Kier alpha value is -0.810. The van der Waals surface area contributed by atoms with Gasteiger partial charge in [0.15, 0.2) is 0 Å². The molecule has 1 unspecified atom stereocenters. The van der Waals surface area contributed by atoms with E-state index in [1.807, 2.05) is 6.08 Å². The molecule has 4 rings (SSSR count). The molecule has 0 heterocycles. The van der Waals surface area contributed by atoms with Crippen LogP contribution in [0.5, 0.6) is 0 Å². The van der Waals surface area contributed by atoms with Crippen molar-refractivity contribution in [1.29, 1.82) is 0 Å². The lowest BCUT2D eigenvalue weighted by molar-refractivity contribution is -0.101. The van der Waals surface area contributed by atoms with Gasteiger partial charge in [0.2, 0.25) is 0 Å². The highest BCUT2D eigenvalue weighted by Gasteiger charge is 2.62. The molecule has 4 saturated carbocycles. The van der Waals surface area contributed by atoms with E-state index in [4.69, 9.17) is 6.57 Å². The smallest absolute Gasteiger partial charge is 0.251 e. The van der Waals surface area contributed by atoms with Crippen molar-refractivity contribution >= 4 is 0 Å². The molecule has 2 heteroatoms. The molecular weight excluding hydrogens is 318 g/mol. The highest BCUT2D eigenvalue weighted by Crippen LogP contribution is 2.66. The van der Waals surface area contributed by atoms with Crippen LogP contribution in [0.25, 0.3) is 4.85 Å². The predicted octanol–water partition coefficient (Wildman–Crippen LogP) is 5.87. The second-order valence-corrected chi connectivity index (χ2v) is 10.9. The highest BCUT2D eigenvalue weighted by molar-refractivity contribution is 5.20. The summed E-state index contributed by atoms with van der Waals surface area (Å²) in [5, 5.41) is 10.5. The minimum atomic E-state index is -0.420. The van der Waals surface area contributed by atoms with Crippen molar-refractivity contribution < 1.29 is 5.11 Å². The zero-order chi connectivity index (χ0) is 18.7. The maximum Gasteiger partial charge on any atom is 0.251 e. The average Bonchev–Trinajstić information content (AvgIpc) is 2.97. The fraction of sp³-hybridized carbons (Fsp3) is 0.875. The van der Waals surface area contributed by atoms with Gasteiger partial charge in [-0.05, 0) is 106 Å². The summed E-state index contributed by atoms with van der Waals surface area (Å²) >= 11 is 0. The number of nitrogens with zero attached hydrogens (tertiary/aromatic N) is 1. The van der Waals surface area contributed by atoms with Crippen molar-refractivity contribution in [3.63, 3.8) is 0 Å². The first-order valence-corrected chi connectivity index (χ1v) is 11.0. The van der Waals surface area contributed by atoms with Gasteiger partial charge in [-0.25, -0.2) is 6.57 Å². The van der Waals surface area contributed by atoms with Gasteiger partial charge in [0.1, 0.15) is 0 Å². The van der Waals surface area contributed by atoms with E-state index < -0.39 is 11.1 Å². The van der Waals surface area contributed by atoms with Gasteiger partial charge in [-0.15, -0.1) is 0 Å². The number of fused-ring (bicyclic) bond motifs is 5. The van der Waals surface area contributed by atoms with E-state index in [-0.39, 0.29) is 0 Å². The lowest BCUT2D eigenvalue weighted by Gasteiger charge is -2.57. The Labute approximate surface area is 160 Å². The summed E-state index contributed by atoms with van der Waals surface area (Å²) in [5.41, 5.74) is -0.490. The van der Waals surface area contributed by atoms with Crippen LogP contribution in [0.15, 0.2) is 12.7 Å². The van der Waals surface area contributed by atoms with Crippen LogP contribution in [0.3, 0.4) is 0 Å². The molecule has 0 radical (unpaired) electrons. The van der Waals surface area contributed by atoms with Crippen molar-refractivity contribution in [3.8, 4) is 0 Å². The minimum absolute atomic E-state index is 0.321. The molecule has 1 N–H and O–H groups in total. The maximum absolute atomic E-state index is 10.5. The first kappa shape index (κ1) is 18.5. The lowest BCUT2D eigenvalue weighted by atomic mass is 9.48. The van der Waals surface area contributed by atoms with Crippen molar-refractivity contribution in [1.82, 2.24) is 0 Å². The van der Waals surface area contributed by atoms with Crippen LogP contribution in [-0.2, 0) is 0 Å². The van der Waals surface area contributed by atoms with Gasteiger partial charge in [-0.1, -0.05) is 13.5 Å². The Kier molecular flexibility index (Phi) is 4.35. The van der Waals surface area contributed by atoms with Crippen LogP contribution >= 0.6 is 0 Å². The Morgan fingerprint density at radius 2 is 1.77 bits per heavy atom. The number of rotatable bonds is 2. The quantitative estimate of drug-likeness (QED) is 0.486. The molecule has 0 aromatic heterocycles. The van der Waals surface area contributed by atoms with Gasteiger partial charge in [0.25, 0.3) is 5.54 Å². The van der Waals surface area contributed by atoms with Crippen molar-refractivity contribution in [2.75, 3.05) is 0 Å². The molecule has 0 bridgehead atoms. The second kappa shape index (κ2) is 6.10. The van der Waals surface area contributed by atoms with Gasteiger partial charge >= 0.3 is 0 Å². The number of aliphatic hydroxyl groups is 1. The van der Waals surface area contributed by atoms with Crippen molar-refractivity contribution in [2.24, 2.45) is 40.9 Å². The van der Waals surface area contributed by atoms with Crippen LogP contribution in [0.1, 0.15) is 78.6 Å². The Bertz CT molecular complexity index is 618. The topological polar surface area (TPSA) is 24.6 Å². The largest absolute Gasteiger partial charge is 0.390 e. The van der Waals surface area contributed by atoms with E-state index in [1.54, 1.807) is 0 Å². The fourth-order valence-corrected chi connectivity index (χ4v) is 8.31. The molecule has 0 aliphatic heterocycles. The maximum atomic E-state index is 10.5. The first-order chi connectivity index (χ1) is 12.2. The molecular formula is C24H37NO. The summed E-state index contributed by atoms with van der Waals surface area (Å²) in [4.78, 5) is 4.05. The third kappa shape index (κ3) is 2.61. The minimum Gasteiger partial charge on any atom is -0.390 e. The molecule has 4 aliphatic carbocycles. The Balaban J connectivity index is 1.57. The summed E-state index contributed by atoms with van der Waals surface area (Å²) in [7, 11) is 0. The first-order valence-electron chi connectivity index (χ1n) is 11.0. The molecule has 9 atom stereocenters. The van der Waals surface area contributed by atoms with Crippen molar-refractivity contribution in [3.05, 3.63) is 24.1 Å². The molecule has 26 heavy (non-hydrogen) atoms. The molecule has 0 aromatic carbocycles. The van der Waals surface area contributed by atoms with Gasteiger partial charge in [0, 0.05) is 12.8 Å². The van der Waals surface area contributed by atoms with Crippen LogP contribution in [0.2, 0.25) is 0 Å². The third-order valence-corrected chi connectivity index (χ3v) is 9.60. The molecule has 4 fully saturated rings. The summed E-state index contributed by atoms with van der Waals surface area (Å²) in [6.45, 7) is 18.5. The fourth-order valence-electron chi connectivity index (χ4n) is 8.31. The highest BCUT2D eigenvalue weighted by atomic mass is 16.3. The van der Waals surface area contributed by atoms with Gasteiger partial charge in [-0.2, -0.15) is 0 Å². The van der Waals surface area contributed by atoms with E-state index >= 15 is 0 Å². The summed E-state index contributed by atoms with van der Waals surface area (Å²) < 4.78 is 0. The number of hydrogen-bond acceptors (Lipinski definition) is 1. The molecule has 4 aliphatic rings. The van der Waals surface area contributed by atoms with E-state index in [0.29, 0.717) is 11.3 Å². The standard InChI is InChI=1S/C24H37NO/c1-6-24(4,25-5)21-10-9-20-19-8-7-16-15-22(2,26)13-11-17(16)18(19)12-14-23(20,21)3/h6,16-21,26H,1,7-15H2,2-4H3/t16-,17+,18-,19-,20+,21+,22-,23+,24?/m1/s1. The monoisotopic (exact) mass is 355 g/mol. The van der Waals surface area contributed by atoms with E-state index in [0.717, 1.165) is 42.4 Å². The van der Waals surface area contributed by atoms with Gasteiger partial charge in [0.05, 0.1) is 5.60 Å². The molecule has 2 nitrogen and oxygen atoms in total. The third-order valence-electron chi connectivity index (χ3n) is 9.60. The summed E-state index contributed by atoms with van der Waals surface area (Å²) in [6, 6.07) is 0. The van der Waals surface area contributed by atoms with Crippen LogP contribution < -0.4 is 0 Å². The zero-order valence-electron chi connectivity index (χ0n) is 17.0. The molecule has 144 valence electrons. The molecule has 0 saturated heterocycles. The van der Waals surface area contributed by atoms with E-state index in [9.17, 15) is 5.11 Å². The predicted molar refractivity (Wildman–Crippen MR) is 106 cm³/mol. The summed E-state index contributed by atoms with van der Waals surface area (Å²) in [5.74, 6) is 4.62. The second-order valence-electron chi connectivity index (χ2n) is 10.9. The molecule has 0 amide bonds. The van der Waals surface area contributed by atoms with E-state index in [2.05, 4.69) is 32.2 Å². The average molecular weight is 356 g/mol. The van der Waals surface area contributed by atoms with Crippen LogP contribution in [-0.4, -0.2) is 16.2 Å². The van der Waals surface area contributed by atoms with Gasteiger partial charge in [-0.3, -0.25) is 0 Å². The Morgan fingerprint density at radius 3 is 2.46 bits per heavy atom. The summed E-state index contributed by atoms with van der Waals surface area (Å²) in [6.07, 6.45) is 13.0. The molecule has 0 spiro atoms. The zero-order valence-corrected chi connectivity index (χ0v) is 17.0. The SMILES string of the molecule is [C-]#[N+]C(C)(C=C)[C@H]1CC[C@H]2[C@@H]3CC[C@@H]4C[C@](C)(O)CC[C@@H]4[C@H]3CC[C@]12C. The van der Waals surface area contributed by atoms with Crippen LogP contribution in [0, 0.1) is 47.5 Å². The lowest BCUT2D eigenvalue weighted by Crippen LogP contribution is -2.52. The Morgan fingerprint density at radius 1 is 1.04 bits per heavy atom. The van der Waals surface area contributed by atoms with E-state index in [1.165, 1.54) is 44.9 Å².